The molecule has 1 N–H and O–H groups in total. The van der Waals surface area contributed by atoms with Gasteiger partial charge < -0.3 is 15.0 Å². The van der Waals surface area contributed by atoms with Crippen LogP contribution in [-0.2, 0) is 6.73 Å². The Balaban J connectivity index is 1.72. The maximum absolute atomic E-state index is 12.1. The molecule has 0 spiro atoms. The summed E-state index contributed by atoms with van der Waals surface area (Å²) in [4.78, 5) is 14.4. The minimum atomic E-state index is -0.145. The fourth-order valence-corrected chi connectivity index (χ4v) is 2.35. The molecule has 0 saturated carbocycles. The van der Waals surface area contributed by atoms with Gasteiger partial charge in [0.05, 0.1) is 0 Å². The topological polar surface area (TPSA) is 59.4 Å². The molecule has 0 saturated heterocycles. The highest BCUT2D eigenvalue weighted by Crippen LogP contribution is 2.09. The van der Waals surface area contributed by atoms with E-state index in [0.717, 1.165) is 31.8 Å². The number of carbonyl (C=O) groups excluding carboxylic acids is 1. The van der Waals surface area contributed by atoms with E-state index in [1.165, 1.54) is 0 Å². The molecular weight excluding hydrogens is 304 g/mol. The van der Waals surface area contributed by atoms with E-state index in [0.29, 0.717) is 12.2 Å². The quantitative estimate of drug-likeness (QED) is 0.680. The Bertz CT molecular complexity index is 608. The van der Waals surface area contributed by atoms with Crippen LogP contribution in [0.5, 0.6) is 5.75 Å². The zero-order valence-electron chi connectivity index (χ0n) is 14.4. The number of rotatable bonds is 10. The molecular formula is C18H26N4O2. The van der Waals surface area contributed by atoms with Crippen LogP contribution in [0.4, 0.5) is 0 Å². The second-order valence-electron chi connectivity index (χ2n) is 5.46. The van der Waals surface area contributed by atoms with Crippen LogP contribution in [0, 0.1) is 0 Å². The smallest absolute Gasteiger partial charge is 0.271 e. The molecule has 0 bridgehead atoms. The third-order valence-electron chi connectivity index (χ3n) is 3.81. The Hall–Kier alpha value is -2.34. The summed E-state index contributed by atoms with van der Waals surface area (Å²) in [5.41, 5.74) is 0.412. The minimum Gasteiger partial charge on any atom is -0.471 e. The second-order valence-corrected chi connectivity index (χ2v) is 5.46. The minimum absolute atomic E-state index is 0.145. The number of aromatic nitrogens is 2. The van der Waals surface area contributed by atoms with Crippen molar-refractivity contribution in [3.63, 3.8) is 0 Å². The van der Waals surface area contributed by atoms with E-state index in [9.17, 15) is 4.79 Å². The normalized spacial score (nSPS) is 10.8. The van der Waals surface area contributed by atoms with Gasteiger partial charge in [-0.1, -0.05) is 32.0 Å². The second kappa shape index (κ2) is 9.72. The first kappa shape index (κ1) is 18.0. The highest BCUT2D eigenvalue weighted by Gasteiger charge is 2.09. The molecule has 130 valence electrons. The van der Waals surface area contributed by atoms with Gasteiger partial charge in [-0.25, -0.2) is 4.68 Å². The maximum Gasteiger partial charge on any atom is 0.271 e. The number of amides is 1. The van der Waals surface area contributed by atoms with Gasteiger partial charge in [0.1, 0.15) is 11.4 Å². The van der Waals surface area contributed by atoms with Gasteiger partial charge in [-0.05, 0) is 44.3 Å². The lowest BCUT2D eigenvalue weighted by Crippen LogP contribution is -2.30. The molecule has 2 aromatic rings. The summed E-state index contributed by atoms with van der Waals surface area (Å²) in [5.74, 6) is 0.628. The van der Waals surface area contributed by atoms with Crippen molar-refractivity contribution in [2.24, 2.45) is 0 Å². The van der Waals surface area contributed by atoms with Crippen LogP contribution in [0.15, 0.2) is 42.6 Å². The highest BCUT2D eigenvalue weighted by molar-refractivity contribution is 5.92. The summed E-state index contributed by atoms with van der Waals surface area (Å²) in [7, 11) is 0. The summed E-state index contributed by atoms with van der Waals surface area (Å²) in [6.45, 7) is 8.29. The van der Waals surface area contributed by atoms with E-state index < -0.39 is 0 Å². The molecule has 0 atom stereocenters. The number of nitrogens with zero attached hydrogens (tertiary/aromatic N) is 3. The van der Waals surface area contributed by atoms with Crippen LogP contribution < -0.4 is 10.1 Å². The van der Waals surface area contributed by atoms with E-state index in [-0.39, 0.29) is 12.6 Å². The average Bonchev–Trinajstić information content (AvgIpc) is 3.10. The van der Waals surface area contributed by atoms with Crippen molar-refractivity contribution < 1.29 is 9.53 Å². The zero-order valence-corrected chi connectivity index (χ0v) is 14.4. The van der Waals surface area contributed by atoms with Crippen molar-refractivity contribution >= 4 is 5.91 Å². The molecule has 1 aromatic carbocycles. The third-order valence-corrected chi connectivity index (χ3v) is 3.81. The first-order valence-corrected chi connectivity index (χ1v) is 8.44. The van der Waals surface area contributed by atoms with E-state index >= 15 is 0 Å². The Morgan fingerprint density at radius 1 is 1.21 bits per heavy atom. The van der Waals surface area contributed by atoms with Crippen molar-refractivity contribution in [3.05, 3.63) is 48.3 Å². The van der Waals surface area contributed by atoms with Crippen molar-refractivity contribution in [3.8, 4) is 5.75 Å². The van der Waals surface area contributed by atoms with Gasteiger partial charge in [0.2, 0.25) is 0 Å². The SMILES string of the molecule is CCN(CC)CCCNC(=O)c1ccn(COc2ccccc2)n1. The summed E-state index contributed by atoms with van der Waals surface area (Å²) >= 11 is 0. The van der Waals surface area contributed by atoms with Gasteiger partial charge in [0, 0.05) is 12.7 Å². The van der Waals surface area contributed by atoms with Crippen molar-refractivity contribution in [2.75, 3.05) is 26.2 Å². The monoisotopic (exact) mass is 330 g/mol. The molecule has 1 heterocycles. The fraction of sp³-hybridized carbons (Fsp3) is 0.444. The van der Waals surface area contributed by atoms with Crippen LogP contribution in [0.25, 0.3) is 0 Å². The molecule has 0 fully saturated rings. The molecule has 0 aliphatic rings. The van der Waals surface area contributed by atoms with Crippen molar-refractivity contribution in [1.82, 2.24) is 20.0 Å². The number of ether oxygens (including phenoxy) is 1. The largest absolute Gasteiger partial charge is 0.471 e. The number of carbonyl (C=O) groups is 1. The fourth-order valence-electron chi connectivity index (χ4n) is 2.35. The van der Waals surface area contributed by atoms with Gasteiger partial charge in [-0.2, -0.15) is 5.10 Å². The first-order valence-electron chi connectivity index (χ1n) is 8.44. The molecule has 6 heteroatoms. The lowest BCUT2D eigenvalue weighted by molar-refractivity contribution is 0.0945. The van der Waals surface area contributed by atoms with Crippen LogP contribution in [0.2, 0.25) is 0 Å². The van der Waals surface area contributed by atoms with Gasteiger partial charge in [-0.15, -0.1) is 0 Å². The number of hydrogen-bond acceptors (Lipinski definition) is 4. The van der Waals surface area contributed by atoms with Gasteiger partial charge in [0.15, 0.2) is 6.73 Å². The van der Waals surface area contributed by atoms with Crippen molar-refractivity contribution in [1.29, 1.82) is 0 Å². The summed E-state index contributed by atoms with van der Waals surface area (Å²) in [5, 5.41) is 7.15. The molecule has 0 aliphatic heterocycles. The Labute approximate surface area is 143 Å². The van der Waals surface area contributed by atoms with E-state index in [1.54, 1.807) is 16.9 Å². The molecule has 0 aliphatic carbocycles. The molecule has 0 unspecified atom stereocenters. The standard InChI is InChI=1S/C18H26N4O2/c1-3-21(4-2)13-8-12-19-18(23)17-11-14-22(20-17)15-24-16-9-6-5-7-10-16/h5-7,9-11,14H,3-4,8,12-13,15H2,1-2H3,(H,19,23). The number of para-hydroxylation sites is 1. The summed E-state index contributed by atoms with van der Waals surface area (Å²) in [6, 6.07) is 11.2. The average molecular weight is 330 g/mol. The van der Waals surface area contributed by atoms with Crippen LogP contribution in [0.3, 0.4) is 0 Å². The molecule has 1 aromatic heterocycles. The number of nitrogens with one attached hydrogen (secondary N) is 1. The van der Waals surface area contributed by atoms with E-state index in [1.807, 2.05) is 30.3 Å². The van der Waals surface area contributed by atoms with Crippen LogP contribution in [-0.4, -0.2) is 46.8 Å². The van der Waals surface area contributed by atoms with Crippen LogP contribution in [0.1, 0.15) is 30.8 Å². The summed E-state index contributed by atoms with van der Waals surface area (Å²) in [6.07, 6.45) is 2.68. The van der Waals surface area contributed by atoms with Crippen LogP contribution >= 0.6 is 0 Å². The molecule has 2 rings (SSSR count). The summed E-state index contributed by atoms with van der Waals surface area (Å²) < 4.78 is 7.21. The van der Waals surface area contributed by atoms with Crippen molar-refractivity contribution in [2.45, 2.75) is 27.0 Å². The Morgan fingerprint density at radius 2 is 1.96 bits per heavy atom. The Morgan fingerprint density at radius 3 is 2.67 bits per heavy atom. The molecule has 24 heavy (non-hydrogen) atoms. The maximum atomic E-state index is 12.1. The van der Waals surface area contributed by atoms with Gasteiger partial charge in [-0.3, -0.25) is 4.79 Å². The zero-order chi connectivity index (χ0) is 17.2. The molecule has 6 nitrogen and oxygen atoms in total. The number of hydrogen-bond donors (Lipinski definition) is 1. The lowest BCUT2D eigenvalue weighted by Gasteiger charge is -2.17. The predicted octanol–water partition coefficient (Wildman–Crippen LogP) is 2.38. The molecule has 1 amide bonds. The molecule has 0 radical (unpaired) electrons. The predicted molar refractivity (Wildman–Crippen MR) is 94.0 cm³/mol. The highest BCUT2D eigenvalue weighted by atomic mass is 16.5. The van der Waals surface area contributed by atoms with Gasteiger partial charge >= 0.3 is 0 Å². The third kappa shape index (κ3) is 5.70. The van der Waals surface area contributed by atoms with Gasteiger partial charge in [0.25, 0.3) is 5.91 Å². The number of benzene rings is 1. The Kier molecular flexibility index (Phi) is 7.29. The lowest BCUT2D eigenvalue weighted by atomic mass is 10.3. The van der Waals surface area contributed by atoms with E-state index in [2.05, 4.69) is 29.2 Å². The van der Waals surface area contributed by atoms with E-state index in [4.69, 9.17) is 4.74 Å². The first-order chi connectivity index (χ1) is 11.7.